The number of allylic oxidation sites excluding steroid dienone is 3. The first-order chi connectivity index (χ1) is 12.2. The summed E-state index contributed by atoms with van der Waals surface area (Å²) >= 11 is 0. The number of benzene rings is 1. The lowest BCUT2D eigenvalue weighted by Crippen LogP contribution is -2.48. The van der Waals surface area contributed by atoms with Crippen LogP contribution in [0.2, 0.25) is 0 Å². The highest BCUT2D eigenvalue weighted by molar-refractivity contribution is 5.70. The van der Waals surface area contributed by atoms with Crippen LogP contribution in [0.25, 0.3) is 0 Å². The molecule has 25 heavy (non-hydrogen) atoms. The fraction of sp³-hybridized carbons (Fsp3) is 0.350. The van der Waals surface area contributed by atoms with E-state index in [1.165, 1.54) is 0 Å². The lowest BCUT2D eigenvalue weighted by atomic mass is 9.97. The maximum atomic E-state index is 12.5. The normalized spacial score (nSPS) is 23.1. The third-order valence-corrected chi connectivity index (χ3v) is 4.42. The molecule has 1 aliphatic carbocycles. The molecule has 3 rings (SSSR count). The zero-order valence-electron chi connectivity index (χ0n) is 14.3. The summed E-state index contributed by atoms with van der Waals surface area (Å²) in [5, 5.41) is 0. The van der Waals surface area contributed by atoms with Crippen LogP contribution in [0.5, 0.6) is 5.75 Å². The standard InChI is InChI=1S/C20H22N2O3/c1-2-15-14-17(24-19-11-7-6-10-18(19)21)12-13-22(15)20(23)25-16-8-4-3-5-9-16/h4,6-11,15,17H,2,12-14,21H2,1H3. The number of anilines is 1. The highest BCUT2D eigenvalue weighted by Crippen LogP contribution is 2.28. The Balaban J connectivity index is 1.59. The number of hydrogen-bond donors (Lipinski definition) is 1. The Morgan fingerprint density at radius 1 is 1.36 bits per heavy atom. The highest BCUT2D eigenvalue weighted by Gasteiger charge is 2.33. The fourth-order valence-corrected chi connectivity index (χ4v) is 3.07. The Bertz CT molecular complexity index is 669. The lowest BCUT2D eigenvalue weighted by Gasteiger charge is -2.38. The van der Waals surface area contributed by atoms with Gasteiger partial charge in [0.15, 0.2) is 0 Å². The number of carbonyl (C=O) groups is 1. The van der Waals surface area contributed by atoms with Crippen molar-refractivity contribution in [2.75, 3.05) is 12.3 Å². The van der Waals surface area contributed by atoms with Gasteiger partial charge < -0.3 is 20.1 Å². The smallest absolute Gasteiger partial charge is 0.415 e. The van der Waals surface area contributed by atoms with Crippen molar-refractivity contribution < 1.29 is 14.3 Å². The number of carbonyl (C=O) groups excluding carboxylic acids is 1. The maximum absolute atomic E-state index is 12.5. The van der Waals surface area contributed by atoms with Crippen LogP contribution in [-0.2, 0) is 4.74 Å². The quantitative estimate of drug-likeness (QED) is 0.851. The SMILES string of the molecule is CCC1CC(Oc2ccccc2N)CCN1C(=O)OC1=C[C][C]C=C1. The van der Waals surface area contributed by atoms with Gasteiger partial charge in [0.1, 0.15) is 17.6 Å². The molecular formula is C20H22N2O3. The number of para-hydroxylation sites is 2. The molecule has 2 unspecified atom stereocenters. The van der Waals surface area contributed by atoms with Gasteiger partial charge in [0.25, 0.3) is 0 Å². The molecule has 5 nitrogen and oxygen atoms in total. The number of nitrogens with two attached hydrogens (primary N) is 1. The zero-order valence-corrected chi connectivity index (χ0v) is 14.3. The molecular weight excluding hydrogens is 316 g/mol. The van der Waals surface area contributed by atoms with Crippen LogP contribution >= 0.6 is 0 Å². The zero-order chi connectivity index (χ0) is 17.6. The highest BCUT2D eigenvalue weighted by atomic mass is 16.6. The molecule has 5 heteroatoms. The van der Waals surface area contributed by atoms with E-state index in [1.54, 1.807) is 23.1 Å². The van der Waals surface area contributed by atoms with Gasteiger partial charge in [-0.3, -0.25) is 0 Å². The number of likely N-dealkylation sites (tertiary alicyclic amines) is 1. The minimum absolute atomic E-state index is 0.0401. The van der Waals surface area contributed by atoms with E-state index in [4.69, 9.17) is 15.2 Å². The van der Waals surface area contributed by atoms with Crippen LogP contribution in [0, 0.1) is 12.8 Å². The van der Waals surface area contributed by atoms with E-state index in [0.717, 1.165) is 19.3 Å². The first kappa shape index (κ1) is 17.4. The van der Waals surface area contributed by atoms with Crippen molar-refractivity contribution in [2.45, 2.75) is 38.3 Å². The first-order valence-corrected chi connectivity index (χ1v) is 8.54. The predicted molar refractivity (Wildman–Crippen MR) is 95.5 cm³/mol. The molecule has 1 fully saturated rings. The van der Waals surface area contributed by atoms with Crippen molar-refractivity contribution >= 4 is 11.8 Å². The summed E-state index contributed by atoms with van der Waals surface area (Å²) in [5.41, 5.74) is 6.59. The van der Waals surface area contributed by atoms with Gasteiger partial charge in [-0.25, -0.2) is 4.79 Å². The van der Waals surface area contributed by atoms with Crippen LogP contribution in [0.4, 0.5) is 10.5 Å². The molecule has 1 heterocycles. The number of rotatable bonds is 4. The molecule has 0 spiro atoms. The summed E-state index contributed by atoms with van der Waals surface area (Å²) in [6.45, 7) is 2.66. The number of piperidine rings is 1. The number of nitrogens with zero attached hydrogens (tertiary/aromatic N) is 1. The van der Waals surface area contributed by atoms with E-state index in [9.17, 15) is 4.79 Å². The van der Waals surface area contributed by atoms with Crippen LogP contribution in [0.1, 0.15) is 26.2 Å². The van der Waals surface area contributed by atoms with E-state index in [2.05, 4.69) is 19.8 Å². The minimum atomic E-state index is -0.330. The van der Waals surface area contributed by atoms with Crippen LogP contribution in [-0.4, -0.2) is 29.7 Å². The van der Waals surface area contributed by atoms with Gasteiger partial charge in [-0.1, -0.05) is 25.1 Å². The lowest BCUT2D eigenvalue weighted by molar-refractivity contribution is 0.0485. The van der Waals surface area contributed by atoms with Crippen molar-refractivity contribution in [3.05, 3.63) is 61.1 Å². The summed E-state index contributed by atoms with van der Waals surface area (Å²) in [4.78, 5) is 14.3. The molecule has 1 aliphatic heterocycles. The van der Waals surface area contributed by atoms with Gasteiger partial charge in [0.05, 0.1) is 5.69 Å². The van der Waals surface area contributed by atoms with Crippen LogP contribution in [0.3, 0.4) is 0 Å². The van der Waals surface area contributed by atoms with Crippen molar-refractivity contribution in [3.8, 4) is 5.75 Å². The van der Waals surface area contributed by atoms with E-state index >= 15 is 0 Å². The topological polar surface area (TPSA) is 64.8 Å². The molecule has 2 N–H and O–H groups in total. The number of ether oxygens (including phenoxy) is 2. The molecule has 2 aliphatic rings. The van der Waals surface area contributed by atoms with E-state index < -0.39 is 0 Å². The van der Waals surface area contributed by atoms with Crippen molar-refractivity contribution in [1.29, 1.82) is 0 Å². The Kier molecular flexibility index (Phi) is 5.64. The van der Waals surface area contributed by atoms with Gasteiger partial charge in [-0.05, 0) is 30.7 Å². The van der Waals surface area contributed by atoms with E-state index in [1.807, 2.05) is 24.3 Å². The number of nitrogen functional groups attached to an aromatic ring is 1. The molecule has 130 valence electrons. The summed E-state index contributed by atoms with van der Waals surface area (Å²) in [6, 6.07) is 7.57. The summed E-state index contributed by atoms with van der Waals surface area (Å²) in [6.07, 6.45) is 12.6. The summed E-state index contributed by atoms with van der Waals surface area (Å²) in [5.74, 6) is 1.18. The Hall–Kier alpha value is -2.43. The summed E-state index contributed by atoms with van der Waals surface area (Å²) < 4.78 is 11.5. The second-order valence-corrected chi connectivity index (χ2v) is 6.09. The van der Waals surface area contributed by atoms with Crippen molar-refractivity contribution in [2.24, 2.45) is 0 Å². The number of hydrogen-bond acceptors (Lipinski definition) is 4. The van der Waals surface area contributed by atoms with Crippen molar-refractivity contribution in [3.63, 3.8) is 0 Å². The number of amides is 1. The minimum Gasteiger partial charge on any atom is -0.488 e. The van der Waals surface area contributed by atoms with Gasteiger partial charge >= 0.3 is 6.09 Å². The van der Waals surface area contributed by atoms with Gasteiger partial charge in [0.2, 0.25) is 0 Å². The molecule has 0 aromatic heterocycles. The fourth-order valence-electron chi connectivity index (χ4n) is 3.07. The Labute approximate surface area is 149 Å². The van der Waals surface area contributed by atoms with E-state index in [-0.39, 0.29) is 18.2 Å². The molecule has 0 bridgehead atoms. The van der Waals surface area contributed by atoms with E-state index in [0.29, 0.717) is 23.7 Å². The third kappa shape index (κ3) is 4.35. The second kappa shape index (κ2) is 8.10. The van der Waals surface area contributed by atoms with Crippen molar-refractivity contribution in [1.82, 2.24) is 4.90 Å². The van der Waals surface area contributed by atoms with Crippen LogP contribution in [0.15, 0.2) is 48.3 Å². The van der Waals surface area contributed by atoms with Gasteiger partial charge in [-0.15, -0.1) is 0 Å². The van der Waals surface area contributed by atoms with Gasteiger partial charge in [-0.2, -0.15) is 0 Å². The predicted octanol–water partition coefficient (Wildman–Crippen LogP) is 3.64. The molecule has 1 aromatic carbocycles. The maximum Gasteiger partial charge on any atom is 0.415 e. The Morgan fingerprint density at radius 2 is 2.20 bits per heavy atom. The molecule has 0 saturated carbocycles. The largest absolute Gasteiger partial charge is 0.488 e. The average molecular weight is 338 g/mol. The summed E-state index contributed by atoms with van der Waals surface area (Å²) in [7, 11) is 0. The third-order valence-electron chi connectivity index (χ3n) is 4.42. The molecule has 1 aromatic rings. The molecule has 1 saturated heterocycles. The monoisotopic (exact) mass is 338 g/mol. The average Bonchev–Trinajstić information content (AvgIpc) is 2.64. The second-order valence-electron chi connectivity index (χ2n) is 6.09. The molecule has 4 radical (unpaired) electrons. The van der Waals surface area contributed by atoms with Crippen LogP contribution < -0.4 is 10.5 Å². The van der Waals surface area contributed by atoms with Gasteiger partial charge in [0, 0.05) is 38.3 Å². The molecule has 2 atom stereocenters. The molecule has 1 amide bonds. The Morgan fingerprint density at radius 3 is 2.92 bits per heavy atom. The first-order valence-electron chi connectivity index (χ1n) is 8.54.